The van der Waals surface area contributed by atoms with Crippen molar-refractivity contribution in [2.75, 3.05) is 30.3 Å². The third-order valence-corrected chi connectivity index (χ3v) is 5.22. The van der Waals surface area contributed by atoms with Gasteiger partial charge >= 0.3 is 0 Å². The fraction of sp³-hybridized carbons (Fsp3) is 0.333. The Morgan fingerprint density at radius 3 is 2.90 bits per heavy atom. The van der Waals surface area contributed by atoms with E-state index < -0.39 is 6.17 Å². The lowest BCUT2D eigenvalue weighted by Crippen LogP contribution is -2.48. The van der Waals surface area contributed by atoms with Gasteiger partial charge in [0.15, 0.2) is 12.4 Å². The largest absolute Gasteiger partial charge is 0.397 e. The summed E-state index contributed by atoms with van der Waals surface area (Å²) in [6.07, 6.45) is 4.99. The number of anilines is 2. The molecule has 0 saturated carbocycles. The monoisotopic (exact) mass is 394 g/mol. The molecular formula is C21H25FN7+. The van der Waals surface area contributed by atoms with Gasteiger partial charge in [-0.1, -0.05) is 6.07 Å². The zero-order chi connectivity index (χ0) is 20.5. The highest BCUT2D eigenvalue weighted by Crippen LogP contribution is 2.24. The molecule has 0 bridgehead atoms. The Labute approximate surface area is 169 Å². The van der Waals surface area contributed by atoms with E-state index in [4.69, 9.17) is 16.9 Å². The Hall–Kier alpha value is -3.13. The van der Waals surface area contributed by atoms with E-state index in [1.807, 2.05) is 35.5 Å². The molecule has 0 spiro atoms. The molecule has 2 atom stereocenters. The number of hydrogen-bond donors (Lipinski definition) is 3. The van der Waals surface area contributed by atoms with Crippen molar-refractivity contribution in [2.24, 2.45) is 5.73 Å². The van der Waals surface area contributed by atoms with Crippen molar-refractivity contribution in [3.05, 3.63) is 53.6 Å². The van der Waals surface area contributed by atoms with Gasteiger partial charge in [-0.3, -0.25) is 10.4 Å². The summed E-state index contributed by atoms with van der Waals surface area (Å²) in [6.45, 7) is 3.78. The Morgan fingerprint density at radius 2 is 2.17 bits per heavy atom. The van der Waals surface area contributed by atoms with Gasteiger partial charge < -0.3 is 16.4 Å². The molecule has 4 heterocycles. The van der Waals surface area contributed by atoms with Crippen LogP contribution in [0.15, 0.2) is 36.7 Å². The number of allylic oxidation sites excluding steroid dienone is 1. The molecule has 0 aromatic carbocycles. The van der Waals surface area contributed by atoms with Crippen molar-refractivity contribution in [3.8, 4) is 0 Å². The smallest absolute Gasteiger partial charge is 0.184 e. The molecule has 4 rings (SSSR count). The lowest BCUT2D eigenvalue weighted by Gasteiger charge is -2.33. The first-order chi connectivity index (χ1) is 13.9. The van der Waals surface area contributed by atoms with Gasteiger partial charge in [0.05, 0.1) is 35.5 Å². The first-order valence-electron chi connectivity index (χ1n) is 9.74. The van der Waals surface area contributed by atoms with Gasteiger partial charge in [0.2, 0.25) is 0 Å². The van der Waals surface area contributed by atoms with Crippen LogP contribution in [0.4, 0.5) is 15.9 Å². The second-order valence-electron chi connectivity index (χ2n) is 7.45. The van der Waals surface area contributed by atoms with E-state index in [-0.39, 0.29) is 18.3 Å². The van der Waals surface area contributed by atoms with Crippen molar-refractivity contribution >= 4 is 29.0 Å². The summed E-state index contributed by atoms with van der Waals surface area (Å²) in [4.78, 5) is 10.8. The molecule has 2 aliphatic heterocycles. The van der Waals surface area contributed by atoms with E-state index in [1.54, 1.807) is 12.3 Å². The number of hydrogen-bond acceptors (Lipinski definition) is 6. The second kappa shape index (κ2) is 7.71. The van der Waals surface area contributed by atoms with Crippen molar-refractivity contribution in [1.29, 1.82) is 5.41 Å². The maximum Gasteiger partial charge on any atom is 0.184 e. The van der Waals surface area contributed by atoms with Crippen molar-refractivity contribution in [1.82, 2.24) is 9.97 Å². The van der Waals surface area contributed by atoms with E-state index in [0.717, 1.165) is 17.8 Å². The third kappa shape index (κ3) is 3.88. The highest BCUT2D eigenvalue weighted by molar-refractivity contribution is 6.15. The summed E-state index contributed by atoms with van der Waals surface area (Å²) in [6, 6.07) is 6.98. The van der Waals surface area contributed by atoms with E-state index in [0.29, 0.717) is 35.7 Å². The molecule has 2 aromatic heterocycles. The number of nitrogens with one attached hydrogen (secondary N) is 1. The fourth-order valence-electron chi connectivity index (χ4n) is 3.64. The quantitative estimate of drug-likeness (QED) is 0.529. The summed E-state index contributed by atoms with van der Waals surface area (Å²) < 4.78 is 16.0. The molecular weight excluding hydrogens is 369 g/mol. The maximum absolute atomic E-state index is 13.9. The van der Waals surface area contributed by atoms with Gasteiger partial charge in [0, 0.05) is 18.2 Å². The minimum absolute atomic E-state index is 0.207. The standard InChI is InChI=1S/C21H25FN7/c1-2-28-9-13(10-28)19-7-16(17(24)8-26-19)21(25)18-4-3-5-20(27-18)29-11-14(22)6-15(23)12-29/h3-5,7-10,14-15,25H,2,6,11-12,23-24H2,1H3/q+1. The van der Waals surface area contributed by atoms with E-state index >= 15 is 0 Å². The molecule has 0 aliphatic carbocycles. The predicted octanol–water partition coefficient (Wildman–Crippen LogP) is 1.81. The summed E-state index contributed by atoms with van der Waals surface area (Å²) in [5, 5.41) is 8.66. The summed E-state index contributed by atoms with van der Waals surface area (Å²) in [5.74, 6) is 0.617. The number of pyridine rings is 2. The Bertz CT molecular complexity index is 1000. The number of alkyl halides is 1. The van der Waals surface area contributed by atoms with Gasteiger partial charge in [-0.2, -0.15) is 0 Å². The van der Waals surface area contributed by atoms with Gasteiger partial charge in [0.1, 0.15) is 24.1 Å². The minimum Gasteiger partial charge on any atom is -0.397 e. The van der Waals surface area contributed by atoms with Crippen LogP contribution in [0.3, 0.4) is 0 Å². The van der Waals surface area contributed by atoms with Crippen LogP contribution in [0, 0.1) is 5.41 Å². The number of nitrogens with two attached hydrogens (primary N) is 2. The topological polar surface area (TPSA) is 108 Å². The van der Waals surface area contributed by atoms with E-state index in [2.05, 4.69) is 21.5 Å². The first kappa shape index (κ1) is 19.2. The summed E-state index contributed by atoms with van der Waals surface area (Å²) in [5.41, 5.74) is 15.5. The average molecular weight is 394 g/mol. The zero-order valence-corrected chi connectivity index (χ0v) is 16.3. The molecule has 29 heavy (non-hydrogen) atoms. The summed E-state index contributed by atoms with van der Waals surface area (Å²) >= 11 is 0. The molecule has 150 valence electrons. The van der Waals surface area contributed by atoms with Crippen LogP contribution in [0.5, 0.6) is 0 Å². The normalized spacial score (nSPS) is 21.3. The first-order valence-corrected chi connectivity index (χ1v) is 9.74. The van der Waals surface area contributed by atoms with Crippen molar-refractivity contribution in [2.45, 2.75) is 25.6 Å². The van der Waals surface area contributed by atoms with Crippen LogP contribution in [0.1, 0.15) is 30.3 Å². The molecule has 8 heteroatoms. The number of nitrogens with zero attached hydrogens (tertiary/aromatic N) is 4. The molecule has 0 amide bonds. The Morgan fingerprint density at radius 1 is 1.38 bits per heavy atom. The van der Waals surface area contributed by atoms with Crippen LogP contribution in [0.2, 0.25) is 0 Å². The van der Waals surface area contributed by atoms with Gasteiger partial charge in [0.25, 0.3) is 0 Å². The SMILES string of the molecule is CC[N+]1=CC(c2cc(C(=N)c3cccc(N4CC(N)CC(F)C4)n3)c(N)cn2)=C1. The van der Waals surface area contributed by atoms with Crippen LogP contribution >= 0.6 is 0 Å². The van der Waals surface area contributed by atoms with Crippen LogP contribution < -0.4 is 16.4 Å². The fourth-order valence-corrected chi connectivity index (χ4v) is 3.64. The molecule has 7 nitrogen and oxygen atoms in total. The lowest BCUT2D eigenvalue weighted by atomic mass is 10.0. The molecule has 1 fully saturated rings. The zero-order valence-electron chi connectivity index (χ0n) is 16.3. The van der Waals surface area contributed by atoms with E-state index in [9.17, 15) is 4.39 Å². The number of piperidine rings is 1. The molecule has 2 unspecified atom stereocenters. The van der Waals surface area contributed by atoms with Crippen LogP contribution in [0.25, 0.3) is 5.57 Å². The Kier molecular flexibility index (Phi) is 5.10. The number of aromatic nitrogens is 2. The molecule has 5 N–H and O–H groups in total. The van der Waals surface area contributed by atoms with Gasteiger partial charge in [-0.15, -0.1) is 0 Å². The Balaban J connectivity index is 1.60. The second-order valence-corrected chi connectivity index (χ2v) is 7.45. The van der Waals surface area contributed by atoms with E-state index in [1.165, 1.54) is 0 Å². The molecule has 2 aliphatic rings. The summed E-state index contributed by atoms with van der Waals surface area (Å²) in [7, 11) is 0. The molecule has 0 radical (unpaired) electrons. The minimum atomic E-state index is -0.975. The molecule has 1 saturated heterocycles. The lowest BCUT2D eigenvalue weighted by molar-refractivity contribution is -0.454. The predicted molar refractivity (Wildman–Crippen MR) is 113 cm³/mol. The maximum atomic E-state index is 13.9. The van der Waals surface area contributed by atoms with Crippen molar-refractivity contribution in [3.63, 3.8) is 0 Å². The highest BCUT2D eigenvalue weighted by Gasteiger charge is 2.26. The van der Waals surface area contributed by atoms with Crippen LogP contribution in [-0.2, 0) is 0 Å². The third-order valence-electron chi connectivity index (χ3n) is 5.22. The van der Waals surface area contributed by atoms with Crippen LogP contribution in [-0.4, -0.2) is 58.3 Å². The van der Waals surface area contributed by atoms with Crippen molar-refractivity contribution < 1.29 is 8.97 Å². The number of rotatable bonds is 5. The average Bonchev–Trinajstić information content (AvgIpc) is 2.67. The number of nitrogen functional groups attached to an aromatic ring is 1. The molecule has 2 aromatic rings. The highest BCUT2D eigenvalue weighted by atomic mass is 19.1. The van der Waals surface area contributed by atoms with Gasteiger partial charge in [-0.25, -0.2) is 13.9 Å². The van der Waals surface area contributed by atoms with Gasteiger partial charge in [-0.05, 0) is 31.5 Å². The number of halogens is 1.